The topological polar surface area (TPSA) is 88.9 Å². The van der Waals surface area contributed by atoms with E-state index in [2.05, 4.69) is 34.8 Å². The van der Waals surface area contributed by atoms with Crippen LogP contribution in [0.4, 0.5) is 0 Å². The number of methoxy groups -OCH3 is 2. The van der Waals surface area contributed by atoms with Crippen molar-refractivity contribution in [2.75, 3.05) is 34.0 Å². The maximum absolute atomic E-state index is 12.2. The second kappa shape index (κ2) is 12.6. The fourth-order valence-electron chi connectivity index (χ4n) is 3.25. The number of carbonyl (C=O) groups excluding carboxylic acids is 1. The molecule has 0 saturated heterocycles. The first-order valence-corrected chi connectivity index (χ1v) is 11.4. The lowest BCUT2D eigenvalue weighted by Gasteiger charge is -2.25. The molecule has 0 unspecified atom stereocenters. The fraction of sp³-hybridized carbons (Fsp3) is 0.522. The summed E-state index contributed by atoms with van der Waals surface area (Å²) in [5, 5.41) is 0. The van der Waals surface area contributed by atoms with E-state index in [-0.39, 0.29) is 29.6 Å². The molecule has 1 atom stereocenters. The molecule has 0 aromatic carbocycles. The van der Waals surface area contributed by atoms with Crippen molar-refractivity contribution >= 4 is 21.9 Å². The zero-order chi connectivity index (χ0) is 23.7. The van der Waals surface area contributed by atoms with E-state index in [1.807, 2.05) is 10.6 Å². The average Bonchev–Trinajstić information content (AvgIpc) is 2.76. The molecule has 0 aliphatic heterocycles. The van der Waals surface area contributed by atoms with Gasteiger partial charge in [0.15, 0.2) is 11.2 Å². The molecular weight excluding hydrogens is 480 g/mol. The highest BCUT2D eigenvalue weighted by atomic mass is 79.9. The number of pyridine rings is 2. The SMILES string of the molecule is CCOC(=O)c1cn([C@@H](Cc2cc(OCCCOC)c(OC)nc2Br)C(C)C)ccc1=O. The number of ether oxygens (including phenoxy) is 4. The van der Waals surface area contributed by atoms with Crippen LogP contribution in [-0.4, -0.2) is 49.6 Å². The van der Waals surface area contributed by atoms with Gasteiger partial charge in [-0.05, 0) is 46.8 Å². The number of hydrogen-bond donors (Lipinski definition) is 0. The van der Waals surface area contributed by atoms with Crippen LogP contribution in [0.1, 0.15) is 49.2 Å². The Labute approximate surface area is 197 Å². The summed E-state index contributed by atoms with van der Waals surface area (Å²) in [5.41, 5.74) is 0.581. The van der Waals surface area contributed by atoms with E-state index in [1.165, 1.54) is 6.07 Å². The molecule has 9 heteroatoms. The van der Waals surface area contributed by atoms with E-state index in [1.54, 1.807) is 33.5 Å². The lowest BCUT2D eigenvalue weighted by molar-refractivity contribution is 0.0523. The molecule has 0 fully saturated rings. The number of aromatic nitrogens is 2. The molecule has 2 heterocycles. The van der Waals surface area contributed by atoms with Crippen molar-refractivity contribution in [1.82, 2.24) is 9.55 Å². The quantitative estimate of drug-likeness (QED) is 0.241. The lowest BCUT2D eigenvalue weighted by atomic mass is 9.96. The van der Waals surface area contributed by atoms with E-state index in [4.69, 9.17) is 18.9 Å². The Hall–Kier alpha value is -2.39. The van der Waals surface area contributed by atoms with Gasteiger partial charge in [0.2, 0.25) is 0 Å². The molecule has 2 aromatic heterocycles. The van der Waals surface area contributed by atoms with Crippen LogP contribution in [0.25, 0.3) is 0 Å². The molecule has 0 aliphatic rings. The van der Waals surface area contributed by atoms with Gasteiger partial charge in [-0.1, -0.05) is 13.8 Å². The predicted molar refractivity (Wildman–Crippen MR) is 125 cm³/mol. The zero-order valence-corrected chi connectivity index (χ0v) is 20.8. The van der Waals surface area contributed by atoms with Gasteiger partial charge in [0, 0.05) is 44.6 Å². The highest BCUT2D eigenvalue weighted by Crippen LogP contribution is 2.33. The molecule has 0 aliphatic carbocycles. The first-order chi connectivity index (χ1) is 15.3. The van der Waals surface area contributed by atoms with E-state index in [9.17, 15) is 9.59 Å². The van der Waals surface area contributed by atoms with Crippen LogP contribution in [0.15, 0.2) is 33.9 Å². The van der Waals surface area contributed by atoms with E-state index in [0.717, 1.165) is 12.0 Å². The van der Waals surface area contributed by atoms with Gasteiger partial charge in [0.1, 0.15) is 10.2 Å². The van der Waals surface area contributed by atoms with Crippen molar-refractivity contribution in [3.05, 3.63) is 50.5 Å². The molecule has 8 nitrogen and oxygen atoms in total. The third-order valence-electron chi connectivity index (χ3n) is 4.94. The highest BCUT2D eigenvalue weighted by Gasteiger charge is 2.22. The van der Waals surface area contributed by atoms with Crippen molar-refractivity contribution in [2.24, 2.45) is 5.92 Å². The van der Waals surface area contributed by atoms with E-state index in [0.29, 0.717) is 35.9 Å². The third-order valence-corrected chi connectivity index (χ3v) is 5.63. The summed E-state index contributed by atoms with van der Waals surface area (Å²) in [6.45, 7) is 7.16. The van der Waals surface area contributed by atoms with Gasteiger partial charge in [-0.3, -0.25) is 4.79 Å². The molecule has 32 heavy (non-hydrogen) atoms. The molecule has 0 N–H and O–H groups in total. The number of halogens is 1. The Morgan fingerprint density at radius 3 is 2.62 bits per heavy atom. The standard InChI is InChI=1S/C23H31BrN2O6/c1-6-31-23(28)17-14-26(9-8-19(17)27)18(15(2)3)12-16-13-20(32-11-7-10-29-4)22(30-5)25-21(16)24/h8-9,13-15,18H,6-7,10-12H2,1-5H3/t18-/m0/s1. The molecule has 0 saturated carbocycles. The normalized spacial score (nSPS) is 12.0. The largest absolute Gasteiger partial charge is 0.488 e. The molecule has 2 rings (SSSR count). The molecule has 176 valence electrons. The smallest absolute Gasteiger partial charge is 0.343 e. The molecular formula is C23H31BrN2O6. The van der Waals surface area contributed by atoms with Gasteiger partial charge in [0.05, 0.1) is 20.3 Å². The summed E-state index contributed by atoms with van der Waals surface area (Å²) in [7, 11) is 3.20. The number of hydrogen-bond acceptors (Lipinski definition) is 7. The molecule has 0 spiro atoms. The minimum atomic E-state index is -0.617. The van der Waals surface area contributed by atoms with Crippen LogP contribution in [0.5, 0.6) is 11.6 Å². The minimum Gasteiger partial charge on any atom is -0.488 e. The van der Waals surface area contributed by atoms with Crippen LogP contribution >= 0.6 is 15.9 Å². The second-order valence-corrected chi connectivity index (χ2v) is 8.30. The summed E-state index contributed by atoms with van der Waals surface area (Å²) in [6.07, 6.45) is 4.60. The summed E-state index contributed by atoms with van der Waals surface area (Å²) >= 11 is 3.54. The van der Waals surface area contributed by atoms with Gasteiger partial charge in [0.25, 0.3) is 5.88 Å². The van der Waals surface area contributed by atoms with Crippen LogP contribution in [-0.2, 0) is 15.9 Å². The number of rotatable bonds is 12. The van der Waals surface area contributed by atoms with Crippen molar-refractivity contribution in [3.8, 4) is 11.6 Å². The monoisotopic (exact) mass is 510 g/mol. The minimum absolute atomic E-state index is 0.0223. The Morgan fingerprint density at radius 2 is 2.00 bits per heavy atom. The Kier molecular flexibility index (Phi) is 10.2. The Morgan fingerprint density at radius 1 is 1.25 bits per heavy atom. The number of nitrogens with zero attached hydrogens (tertiary/aromatic N) is 2. The summed E-state index contributed by atoms with van der Waals surface area (Å²) < 4.78 is 23.9. The van der Waals surface area contributed by atoms with Crippen molar-refractivity contribution in [1.29, 1.82) is 0 Å². The zero-order valence-electron chi connectivity index (χ0n) is 19.2. The van der Waals surface area contributed by atoms with Crippen molar-refractivity contribution in [2.45, 2.75) is 39.7 Å². The van der Waals surface area contributed by atoms with Gasteiger partial charge in [-0.2, -0.15) is 0 Å². The predicted octanol–water partition coefficient (Wildman–Crippen LogP) is 4.05. The van der Waals surface area contributed by atoms with Crippen LogP contribution in [0.3, 0.4) is 0 Å². The molecule has 0 bridgehead atoms. The summed E-state index contributed by atoms with van der Waals surface area (Å²) in [4.78, 5) is 28.9. The average molecular weight is 511 g/mol. The maximum Gasteiger partial charge on any atom is 0.343 e. The molecule has 0 radical (unpaired) electrons. The van der Waals surface area contributed by atoms with Crippen LogP contribution in [0.2, 0.25) is 0 Å². The third kappa shape index (κ3) is 6.80. The van der Waals surface area contributed by atoms with Crippen LogP contribution < -0.4 is 14.9 Å². The molecule has 0 amide bonds. The fourth-order valence-corrected chi connectivity index (χ4v) is 3.69. The number of esters is 1. The second-order valence-electron chi connectivity index (χ2n) is 7.55. The van der Waals surface area contributed by atoms with Gasteiger partial charge < -0.3 is 23.5 Å². The summed E-state index contributed by atoms with van der Waals surface area (Å²) in [6, 6.07) is 3.26. The van der Waals surface area contributed by atoms with Gasteiger partial charge >= 0.3 is 5.97 Å². The summed E-state index contributed by atoms with van der Waals surface area (Å²) in [5.74, 6) is 0.532. The first kappa shape index (κ1) is 25.9. The first-order valence-electron chi connectivity index (χ1n) is 10.6. The lowest BCUT2D eigenvalue weighted by Crippen LogP contribution is -2.24. The molecule has 2 aromatic rings. The van der Waals surface area contributed by atoms with E-state index < -0.39 is 5.97 Å². The van der Waals surface area contributed by atoms with Gasteiger partial charge in [-0.15, -0.1) is 0 Å². The number of carbonyl (C=O) groups is 1. The highest BCUT2D eigenvalue weighted by molar-refractivity contribution is 9.10. The van der Waals surface area contributed by atoms with Gasteiger partial charge in [-0.25, -0.2) is 9.78 Å². The van der Waals surface area contributed by atoms with Crippen LogP contribution in [0, 0.1) is 5.92 Å². The maximum atomic E-state index is 12.2. The Balaban J connectivity index is 2.36. The van der Waals surface area contributed by atoms with E-state index >= 15 is 0 Å². The van der Waals surface area contributed by atoms with Crippen molar-refractivity contribution in [3.63, 3.8) is 0 Å². The Bertz CT molecular complexity index is 960. The van der Waals surface area contributed by atoms with Crippen molar-refractivity contribution < 1.29 is 23.7 Å².